The highest BCUT2D eigenvalue weighted by molar-refractivity contribution is 7.98. The lowest BCUT2D eigenvalue weighted by Crippen LogP contribution is -2.07. The molecule has 0 fully saturated rings. The van der Waals surface area contributed by atoms with Gasteiger partial charge in [0.15, 0.2) is 5.16 Å². The molecule has 2 nitrogen and oxygen atoms in total. The van der Waals surface area contributed by atoms with E-state index < -0.39 is 11.7 Å². The number of hydrogen-bond donors (Lipinski definition) is 0. The van der Waals surface area contributed by atoms with Crippen LogP contribution in [0.3, 0.4) is 0 Å². The van der Waals surface area contributed by atoms with Crippen LogP contribution in [0.4, 0.5) is 17.6 Å². The van der Waals surface area contributed by atoms with Gasteiger partial charge < -0.3 is 0 Å². The highest BCUT2D eigenvalue weighted by atomic mass is 32.2. The Hall–Kier alpha value is -3.06. The van der Waals surface area contributed by atoms with E-state index in [1.807, 2.05) is 30.3 Å². The van der Waals surface area contributed by atoms with E-state index in [0.29, 0.717) is 22.3 Å². The molecule has 0 saturated heterocycles. The normalized spacial score (nSPS) is 11.6. The van der Waals surface area contributed by atoms with Crippen LogP contribution in [0.15, 0.2) is 90.2 Å². The molecule has 0 aliphatic rings. The number of nitrogens with zero attached hydrogens (tertiary/aromatic N) is 2. The number of halogens is 4. The van der Waals surface area contributed by atoms with Gasteiger partial charge in [0.25, 0.3) is 0 Å². The Morgan fingerprint density at radius 3 is 2.30 bits per heavy atom. The fourth-order valence-corrected chi connectivity index (χ4v) is 4.00. The first kappa shape index (κ1) is 20.2. The number of rotatable bonds is 5. The van der Waals surface area contributed by atoms with E-state index in [4.69, 9.17) is 0 Å². The van der Waals surface area contributed by atoms with E-state index in [-0.39, 0.29) is 5.82 Å². The number of thioether (sulfide) groups is 1. The van der Waals surface area contributed by atoms with Gasteiger partial charge in [-0.05, 0) is 35.9 Å². The summed E-state index contributed by atoms with van der Waals surface area (Å²) in [5.41, 5.74) is 2.08. The van der Waals surface area contributed by atoms with Gasteiger partial charge in [0.1, 0.15) is 5.82 Å². The molecule has 4 aromatic rings. The lowest BCUT2D eigenvalue weighted by atomic mass is 10.1. The Kier molecular flexibility index (Phi) is 5.63. The van der Waals surface area contributed by atoms with Crippen LogP contribution in [0, 0.1) is 5.82 Å². The zero-order chi connectivity index (χ0) is 21.1. The van der Waals surface area contributed by atoms with Crippen molar-refractivity contribution < 1.29 is 17.6 Å². The molecule has 0 bridgehead atoms. The predicted molar refractivity (Wildman–Crippen MR) is 110 cm³/mol. The summed E-state index contributed by atoms with van der Waals surface area (Å²) in [6.07, 6.45) is -2.78. The van der Waals surface area contributed by atoms with Crippen LogP contribution in [0.1, 0.15) is 11.1 Å². The molecule has 0 aliphatic heterocycles. The van der Waals surface area contributed by atoms with E-state index in [0.717, 1.165) is 23.3 Å². The highest BCUT2D eigenvalue weighted by Gasteiger charge is 2.31. The predicted octanol–water partition coefficient (Wildman–Crippen LogP) is 6.99. The minimum absolute atomic E-state index is 0.319. The highest BCUT2D eigenvalue weighted by Crippen LogP contribution is 2.34. The number of aromatic nitrogens is 2. The van der Waals surface area contributed by atoms with Crippen molar-refractivity contribution in [3.63, 3.8) is 0 Å². The van der Waals surface area contributed by atoms with Crippen LogP contribution in [-0.2, 0) is 11.9 Å². The van der Waals surface area contributed by atoms with E-state index in [2.05, 4.69) is 4.98 Å². The van der Waals surface area contributed by atoms with Crippen LogP contribution in [0.2, 0.25) is 0 Å². The molecule has 30 heavy (non-hydrogen) atoms. The molecule has 0 spiro atoms. The lowest BCUT2D eigenvalue weighted by Gasteiger charge is -2.14. The van der Waals surface area contributed by atoms with Crippen LogP contribution in [0.5, 0.6) is 0 Å². The maximum absolute atomic E-state index is 13.3. The first-order valence-corrected chi connectivity index (χ1v) is 10.1. The van der Waals surface area contributed by atoms with E-state index in [1.165, 1.54) is 30.0 Å². The molecule has 7 heteroatoms. The second-order valence-corrected chi connectivity index (χ2v) is 7.53. The van der Waals surface area contributed by atoms with Gasteiger partial charge in [-0.25, -0.2) is 9.37 Å². The standard InChI is InChI=1S/C23H16F4N2S/c24-19-11-9-16(10-12-19)15-30-22-28-14-21(17-5-2-1-3-6-17)29(22)20-8-4-7-18(13-20)23(25,26)27/h1-14H,15H2. The number of hydrogen-bond acceptors (Lipinski definition) is 2. The first-order chi connectivity index (χ1) is 14.4. The Labute approximate surface area is 175 Å². The topological polar surface area (TPSA) is 17.8 Å². The lowest BCUT2D eigenvalue weighted by molar-refractivity contribution is -0.137. The average Bonchev–Trinajstić information content (AvgIpc) is 3.17. The molecule has 152 valence electrons. The largest absolute Gasteiger partial charge is 0.416 e. The summed E-state index contributed by atoms with van der Waals surface area (Å²) in [4.78, 5) is 4.46. The summed E-state index contributed by atoms with van der Waals surface area (Å²) in [5, 5.41) is 0.553. The van der Waals surface area contributed by atoms with Gasteiger partial charge in [-0.3, -0.25) is 4.57 Å². The molecule has 1 aromatic heterocycles. The van der Waals surface area contributed by atoms with Gasteiger partial charge in [0.05, 0.1) is 17.5 Å². The van der Waals surface area contributed by atoms with Crippen LogP contribution in [0.25, 0.3) is 16.9 Å². The van der Waals surface area contributed by atoms with Gasteiger partial charge in [0.2, 0.25) is 0 Å². The second kappa shape index (κ2) is 8.36. The summed E-state index contributed by atoms with van der Waals surface area (Å²) < 4.78 is 54.7. The summed E-state index contributed by atoms with van der Waals surface area (Å²) in [7, 11) is 0. The SMILES string of the molecule is Fc1ccc(CSc2ncc(-c3ccccc3)n2-c2cccc(C(F)(F)F)c2)cc1. The van der Waals surface area contributed by atoms with E-state index in [1.54, 1.807) is 29.0 Å². The zero-order valence-electron chi connectivity index (χ0n) is 15.6. The molecule has 0 amide bonds. The van der Waals surface area contributed by atoms with E-state index >= 15 is 0 Å². The fourth-order valence-electron chi connectivity index (χ4n) is 3.05. The molecular formula is C23H16F4N2S. The number of benzene rings is 3. The van der Waals surface area contributed by atoms with Gasteiger partial charge in [-0.15, -0.1) is 0 Å². The van der Waals surface area contributed by atoms with Crippen LogP contribution in [-0.4, -0.2) is 9.55 Å². The van der Waals surface area contributed by atoms with Crippen molar-refractivity contribution in [2.24, 2.45) is 0 Å². The average molecular weight is 428 g/mol. The van der Waals surface area contributed by atoms with E-state index in [9.17, 15) is 17.6 Å². The summed E-state index contributed by atoms with van der Waals surface area (Å²) in [6.45, 7) is 0. The molecular weight excluding hydrogens is 412 g/mol. The summed E-state index contributed by atoms with van der Waals surface area (Å²) in [6, 6.07) is 20.7. The van der Waals surface area contributed by atoms with Crippen LogP contribution < -0.4 is 0 Å². The van der Waals surface area contributed by atoms with Crippen molar-refractivity contribution in [1.29, 1.82) is 0 Å². The van der Waals surface area contributed by atoms with Gasteiger partial charge in [-0.1, -0.05) is 60.3 Å². The summed E-state index contributed by atoms with van der Waals surface area (Å²) in [5.74, 6) is 0.186. The Morgan fingerprint density at radius 2 is 1.60 bits per heavy atom. The molecule has 1 heterocycles. The molecule has 0 N–H and O–H groups in total. The van der Waals surface area contributed by atoms with Crippen molar-refractivity contribution in [3.05, 3.63) is 102 Å². The maximum atomic E-state index is 13.3. The molecule has 4 rings (SSSR count). The minimum atomic E-state index is -4.44. The molecule has 0 radical (unpaired) electrons. The smallest absolute Gasteiger partial charge is 0.287 e. The monoisotopic (exact) mass is 428 g/mol. The summed E-state index contributed by atoms with van der Waals surface area (Å²) >= 11 is 1.38. The molecule has 0 unspecified atom stereocenters. The second-order valence-electron chi connectivity index (χ2n) is 6.59. The quantitative estimate of drug-likeness (QED) is 0.252. The molecule has 3 aromatic carbocycles. The van der Waals surface area contributed by atoms with Gasteiger partial charge in [0, 0.05) is 17.0 Å². The van der Waals surface area contributed by atoms with Gasteiger partial charge >= 0.3 is 6.18 Å². The number of imidazole rings is 1. The third-order valence-corrected chi connectivity index (χ3v) is 5.54. The first-order valence-electron chi connectivity index (χ1n) is 9.10. The molecule has 0 saturated carbocycles. The fraction of sp³-hybridized carbons (Fsp3) is 0.0870. The van der Waals surface area contributed by atoms with Crippen molar-refractivity contribution in [2.75, 3.05) is 0 Å². The van der Waals surface area contributed by atoms with Crippen molar-refractivity contribution in [2.45, 2.75) is 17.1 Å². The zero-order valence-corrected chi connectivity index (χ0v) is 16.4. The third kappa shape index (κ3) is 4.41. The van der Waals surface area contributed by atoms with Gasteiger partial charge in [-0.2, -0.15) is 13.2 Å². The molecule has 0 atom stereocenters. The van der Waals surface area contributed by atoms with Crippen molar-refractivity contribution >= 4 is 11.8 Å². The maximum Gasteiger partial charge on any atom is 0.416 e. The van der Waals surface area contributed by atoms with Crippen molar-refractivity contribution in [3.8, 4) is 16.9 Å². The minimum Gasteiger partial charge on any atom is -0.287 e. The Morgan fingerprint density at radius 1 is 0.867 bits per heavy atom. The third-order valence-electron chi connectivity index (χ3n) is 4.51. The van der Waals surface area contributed by atoms with Crippen LogP contribution >= 0.6 is 11.8 Å². The van der Waals surface area contributed by atoms with Crippen molar-refractivity contribution in [1.82, 2.24) is 9.55 Å². The Balaban J connectivity index is 1.76. The number of alkyl halides is 3. The molecule has 0 aliphatic carbocycles. The Bertz CT molecular complexity index is 1140.